The van der Waals surface area contributed by atoms with E-state index in [0.717, 1.165) is 0 Å². The first kappa shape index (κ1) is 10.9. The van der Waals surface area contributed by atoms with Gasteiger partial charge in [-0.15, -0.1) is 13.2 Å². The average Bonchev–Trinajstić information content (AvgIpc) is 2.45. The molecule has 0 aliphatic rings. The third kappa shape index (κ3) is 2.02. The van der Waals surface area contributed by atoms with Crippen LogP contribution in [0.1, 0.15) is 24.6 Å². The van der Waals surface area contributed by atoms with Crippen LogP contribution in [-0.2, 0) is 12.7 Å². The van der Waals surface area contributed by atoms with Crippen LogP contribution >= 0.6 is 0 Å². The molecule has 0 aliphatic carbocycles. The fourth-order valence-corrected chi connectivity index (χ4v) is 1.01. The molecule has 0 saturated carbocycles. The first-order valence-electron chi connectivity index (χ1n) is 3.80. The largest absolute Gasteiger partial charge is 0.504 e. The van der Waals surface area contributed by atoms with Crippen LogP contribution in [0.25, 0.3) is 0 Å². The Morgan fingerprint density at radius 2 is 2.00 bits per heavy atom. The monoisotopic (exact) mass is 214 g/mol. The second-order valence-electron chi connectivity index (χ2n) is 2.61. The number of hydrogen-bond donors (Lipinski definition) is 0. The molecule has 0 radical (unpaired) electrons. The summed E-state index contributed by atoms with van der Waals surface area (Å²) in [5.74, 6) is 0. The molecule has 0 bridgehead atoms. The Hall–Kier alpha value is -1.14. The molecule has 0 amide bonds. The van der Waals surface area contributed by atoms with Gasteiger partial charge in [0.15, 0.2) is 0 Å². The molecule has 0 N–H and O–H groups in total. The normalized spacial score (nSPS) is 12.5. The fraction of sp³-hybridized carbons (Fsp3) is 0.571. The first-order chi connectivity index (χ1) is 6.36. The van der Waals surface area contributed by atoms with Crippen molar-refractivity contribution in [2.75, 3.05) is 0 Å². The molecule has 1 aromatic heterocycles. The second kappa shape index (κ2) is 3.55. The second-order valence-corrected chi connectivity index (χ2v) is 2.61. The van der Waals surface area contributed by atoms with E-state index < -0.39 is 23.1 Å². The lowest BCUT2D eigenvalue weighted by Gasteiger charge is -2.03. The number of aryl methyl sites for hydroxylation is 1. The summed E-state index contributed by atoms with van der Waals surface area (Å²) in [6.45, 7) is 1.49. The molecule has 80 valence electrons. The highest BCUT2D eigenvalue weighted by atomic mass is 19.4. The van der Waals surface area contributed by atoms with Crippen molar-refractivity contribution in [3.8, 4) is 0 Å². The summed E-state index contributed by atoms with van der Waals surface area (Å²) in [7, 11) is 0. The molecule has 1 aromatic rings. The van der Waals surface area contributed by atoms with E-state index >= 15 is 0 Å². The van der Waals surface area contributed by atoms with Crippen molar-refractivity contribution in [2.24, 2.45) is 0 Å². The summed E-state index contributed by atoms with van der Waals surface area (Å²) in [6.07, 6.45) is -7.04. The van der Waals surface area contributed by atoms with E-state index in [2.05, 4.69) is 5.10 Å². The third-order valence-corrected chi connectivity index (χ3v) is 1.67. The smallest absolute Gasteiger partial charge is 0.203 e. The minimum absolute atomic E-state index is 0.0858. The van der Waals surface area contributed by atoms with Crippen LogP contribution in [0, 0.1) is 0 Å². The Labute approximate surface area is 76.3 Å². The van der Waals surface area contributed by atoms with Crippen molar-refractivity contribution in [1.82, 2.24) is 9.78 Å². The van der Waals surface area contributed by atoms with Gasteiger partial charge in [-0.3, -0.25) is 0 Å². The van der Waals surface area contributed by atoms with Gasteiger partial charge in [0.25, 0.3) is 6.43 Å². The van der Waals surface area contributed by atoms with Crippen LogP contribution in [-0.4, -0.2) is 9.78 Å². The molecule has 0 fully saturated rings. The minimum atomic E-state index is -4.74. The third-order valence-electron chi connectivity index (χ3n) is 1.67. The maximum absolute atomic E-state index is 12.2. The highest BCUT2D eigenvalue weighted by Gasteiger charge is 2.33. The highest BCUT2D eigenvalue weighted by molar-refractivity contribution is 5.18. The number of aromatic nitrogens is 2. The summed E-state index contributed by atoms with van der Waals surface area (Å²) < 4.78 is 60.1. The zero-order chi connectivity index (χ0) is 10.9. The Balaban J connectivity index is 3.13. The topological polar surface area (TPSA) is 17.8 Å². The Bertz CT molecular complexity index is 314. The SMILES string of the molecule is CCc1cn(C(F)(F)F)nc1C(F)F. The van der Waals surface area contributed by atoms with Gasteiger partial charge < -0.3 is 0 Å². The number of nitrogens with zero attached hydrogens (tertiary/aromatic N) is 2. The fourth-order valence-electron chi connectivity index (χ4n) is 1.01. The van der Waals surface area contributed by atoms with E-state index in [1.54, 1.807) is 0 Å². The Morgan fingerprint density at radius 3 is 2.29 bits per heavy atom. The van der Waals surface area contributed by atoms with Crippen molar-refractivity contribution >= 4 is 0 Å². The van der Waals surface area contributed by atoms with E-state index in [0.29, 0.717) is 6.20 Å². The Morgan fingerprint density at radius 1 is 1.43 bits per heavy atom. The van der Waals surface area contributed by atoms with Crippen LogP contribution in [0.3, 0.4) is 0 Å². The van der Waals surface area contributed by atoms with Crippen LogP contribution in [0.2, 0.25) is 0 Å². The van der Waals surface area contributed by atoms with Gasteiger partial charge in [-0.05, 0) is 12.0 Å². The summed E-state index contributed by atoms with van der Waals surface area (Å²) in [5, 5.41) is 2.79. The van der Waals surface area contributed by atoms with Gasteiger partial charge in [-0.2, -0.15) is 9.78 Å². The van der Waals surface area contributed by atoms with Gasteiger partial charge in [-0.25, -0.2) is 8.78 Å². The molecule has 7 heteroatoms. The van der Waals surface area contributed by atoms with Gasteiger partial charge in [-0.1, -0.05) is 6.92 Å². The van der Waals surface area contributed by atoms with Gasteiger partial charge >= 0.3 is 6.30 Å². The maximum atomic E-state index is 12.2. The molecule has 2 nitrogen and oxygen atoms in total. The van der Waals surface area contributed by atoms with Crippen LogP contribution < -0.4 is 0 Å². The predicted octanol–water partition coefficient (Wildman–Crippen LogP) is 2.86. The molecule has 0 spiro atoms. The Kier molecular flexibility index (Phi) is 2.77. The van der Waals surface area contributed by atoms with Crippen molar-refractivity contribution in [3.05, 3.63) is 17.5 Å². The summed E-state index contributed by atoms with van der Waals surface area (Å²) in [4.78, 5) is 0. The molecule has 0 saturated heterocycles. The molecule has 14 heavy (non-hydrogen) atoms. The lowest BCUT2D eigenvalue weighted by molar-refractivity contribution is -0.212. The molecular formula is C7H7F5N2. The molecule has 0 aliphatic heterocycles. The van der Waals surface area contributed by atoms with Gasteiger partial charge in [0.05, 0.1) is 0 Å². The standard InChI is InChI=1S/C7H7F5N2/c1-2-4-3-14(7(10,11)12)13-5(4)6(8)9/h3,6H,2H2,1H3. The van der Waals surface area contributed by atoms with Crippen molar-refractivity contribution in [3.63, 3.8) is 0 Å². The molecule has 0 unspecified atom stereocenters. The van der Waals surface area contributed by atoms with E-state index in [1.165, 1.54) is 6.92 Å². The van der Waals surface area contributed by atoms with Crippen molar-refractivity contribution < 1.29 is 22.0 Å². The van der Waals surface area contributed by atoms with Crippen LogP contribution in [0.15, 0.2) is 6.20 Å². The van der Waals surface area contributed by atoms with Crippen LogP contribution in [0.4, 0.5) is 22.0 Å². The quantitative estimate of drug-likeness (QED) is 0.692. The zero-order valence-electron chi connectivity index (χ0n) is 7.15. The van der Waals surface area contributed by atoms with E-state index in [1.807, 2.05) is 0 Å². The molecule has 1 heterocycles. The number of alkyl halides is 5. The lowest BCUT2D eigenvalue weighted by atomic mass is 10.2. The predicted molar refractivity (Wildman–Crippen MR) is 37.9 cm³/mol. The number of halogens is 5. The van der Waals surface area contributed by atoms with E-state index in [-0.39, 0.29) is 12.0 Å². The van der Waals surface area contributed by atoms with Crippen molar-refractivity contribution in [2.45, 2.75) is 26.1 Å². The molecule has 0 aromatic carbocycles. The van der Waals surface area contributed by atoms with Crippen molar-refractivity contribution in [1.29, 1.82) is 0 Å². The van der Waals surface area contributed by atoms with Gasteiger partial charge in [0.2, 0.25) is 0 Å². The average molecular weight is 214 g/mol. The highest BCUT2D eigenvalue weighted by Crippen LogP contribution is 2.27. The minimum Gasteiger partial charge on any atom is -0.203 e. The summed E-state index contributed by atoms with van der Waals surface area (Å²) in [5.41, 5.74) is -0.887. The molecule has 1 rings (SSSR count). The molecule has 0 atom stereocenters. The summed E-state index contributed by atoms with van der Waals surface area (Å²) >= 11 is 0. The van der Waals surface area contributed by atoms with Crippen LogP contribution in [0.5, 0.6) is 0 Å². The zero-order valence-corrected chi connectivity index (χ0v) is 7.15. The lowest BCUT2D eigenvalue weighted by Crippen LogP contribution is -2.17. The van der Waals surface area contributed by atoms with E-state index in [9.17, 15) is 22.0 Å². The molecular weight excluding hydrogens is 207 g/mol. The number of rotatable bonds is 2. The maximum Gasteiger partial charge on any atom is 0.504 e. The summed E-state index contributed by atoms with van der Waals surface area (Å²) in [6, 6.07) is 0. The van der Waals surface area contributed by atoms with Gasteiger partial charge in [0, 0.05) is 6.20 Å². The van der Waals surface area contributed by atoms with Gasteiger partial charge in [0.1, 0.15) is 5.69 Å². The first-order valence-corrected chi connectivity index (χ1v) is 3.80. The number of hydrogen-bond acceptors (Lipinski definition) is 1. The van der Waals surface area contributed by atoms with E-state index in [4.69, 9.17) is 0 Å².